The highest BCUT2D eigenvalue weighted by molar-refractivity contribution is 5.92. The number of nitrogens with one attached hydrogen (secondary N) is 1. The molecule has 126 valence electrons. The van der Waals surface area contributed by atoms with Crippen LogP contribution >= 0.6 is 0 Å². The van der Waals surface area contributed by atoms with Gasteiger partial charge < -0.3 is 15.0 Å². The molecule has 2 aromatic rings. The SMILES string of the molecule is CC1COCCN1c1ccc(NC(=O)Cc2ccc(F)cc2)cc1. The Morgan fingerprint density at radius 3 is 2.58 bits per heavy atom. The van der Waals surface area contributed by atoms with E-state index in [0.717, 1.165) is 36.7 Å². The number of amides is 1. The number of ether oxygens (including phenoxy) is 1. The summed E-state index contributed by atoms with van der Waals surface area (Å²) in [5.41, 5.74) is 2.67. The summed E-state index contributed by atoms with van der Waals surface area (Å²) in [7, 11) is 0. The van der Waals surface area contributed by atoms with E-state index in [-0.39, 0.29) is 18.1 Å². The van der Waals surface area contributed by atoms with E-state index >= 15 is 0 Å². The average molecular weight is 328 g/mol. The minimum atomic E-state index is -0.299. The molecule has 3 rings (SSSR count). The van der Waals surface area contributed by atoms with Gasteiger partial charge in [0.15, 0.2) is 0 Å². The summed E-state index contributed by atoms with van der Waals surface area (Å²) in [4.78, 5) is 14.4. The molecule has 0 bridgehead atoms. The normalized spacial score (nSPS) is 17.6. The van der Waals surface area contributed by atoms with Crippen LogP contribution in [0.1, 0.15) is 12.5 Å². The van der Waals surface area contributed by atoms with Crippen LogP contribution < -0.4 is 10.2 Å². The summed E-state index contributed by atoms with van der Waals surface area (Å²) < 4.78 is 18.3. The number of hydrogen-bond donors (Lipinski definition) is 1. The van der Waals surface area contributed by atoms with Crippen molar-refractivity contribution in [2.24, 2.45) is 0 Å². The molecule has 2 aromatic carbocycles. The van der Waals surface area contributed by atoms with Gasteiger partial charge in [0.25, 0.3) is 0 Å². The monoisotopic (exact) mass is 328 g/mol. The van der Waals surface area contributed by atoms with Crippen molar-refractivity contribution < 1.29 is 13.9 Å². The molecule has 0 aromatic heterocycles. The van der Waals surface area contributed by atoms with Gasteiger partial charge in [-0.05, 0) is 48.9 Å². The smallest absolute Gasteiger partial charge is 0.228 e. The zero-order valence-electron chi connectivity index (χ0n) is 13.7. The number of hydrogen-bond acceptors (Lipinski definition) is 3. The Bertz CT molecular complexity index is 686. The van der Waals surface area contributed by atoms with Crippen LogP contribution in [0.4, 0.5) is 15.8 Å². The second-order valence-corrected chi connectivity index (χ2v) is 6.02. The quantitative estimate of drug-likeness (QED) is 0.937. The van der Waals surface area contributed by atoms with Gasteiger partial charge in [0.1, 0.15) is 5.82 Å². The van der Waals surface area contributed by atoms with Gasteiger partial charge in [0.2, 0.25) is 5.91 Å². The van der Waals surface area contributed by atoms with E-state index in [2.05, 4.69) is 17.1 Å². The number of anilines is 2. The summed E-state index contributed by atoms with van der Waals surface area (Å²) in [6, 6.07) is 14.1. The molecule has 1 amide bonds. The molecular formula is C19H21FN2O2. The largest absolute Gasteiger partial charge is 0.377 e. The summed E-state index contributed by atoms with van der Waals surface area (Å²) in [5.74, 6) is -0.416. The van der Waals surface area contributed by atoms with E-state index in [1.54, 1.807) is 12.1 Å². The number of carbonyl (C=O) groups excluding carboxylic acids is 1. The first kappa shape index (κ1) is 16.5. The zero-order valence-corrected chi connectivity index (χ0v) is 13.7. The number of carbonyl (C=O) groups is 1. The van der Waals surface area contributed by atoms with Crippen LogP contribution in [0.5, 0.6) is 0 Å². The van der Waals surface area contributed by atoms with Crippen LogP contribution in [0.2, 0.25) is 0 Å². The lowest BCUT2D eigenvalue weighted by molar-refractivity contribution is -0.115. The fourth-order valence-electron chi connectivity index (χ4n) is 2.84. The number of benzene rings is 2. The summed E-state index contributed by atoms with van der Waals surface area (Å²) in [6.45, 7) is 4.48. The van der Waals surface area contributed by atoms with E-state index < -0.39 is 0 Å². The molecule has 1 heterocycles. The van der Waals surface area contributed by atoms with Gasteiger partial charge >= 0.3 is 0 Å². The van der Waals surface area contributed by atoms with Gasteiger partial charge in [-0.3, -0.25) is 4.79 Å². The second kappa shape index (κ2) is 7.45. The van der Waals surface area contributed by atoms with E-state index in [1.807, 2.05) is 24.3 Å². The van der Waals surface area contributed by atoms with Crippen LogP contribution in [0.25, 0.3) is 0 Å². The average Bonchev–Trinajstić information content (AvgIpc) is 2.58. The predicted octanol–water partition coefficient (Wildman–Crippen LogP) is 3.23. The lowest BCUT2D eigenvalue weighted by atomic mass is 10.1. The van der Waals surface area contributed by atoms with Gasteiger partial charge in [0.05, 0.1) is 19.6 Å². The maximum absolute atomic E-state index is 12.9. The van der Waals surface area contributed by atoms with Crippen molar-refractivity contribution in [3.63, 3.8) is 0 Å². The van der Waals surface area contributed by atoms with Gasteiger partial charge in [-0.15, -0.1) is 0 Å². The number of morpholine rings is 1. The third-order valence-electron chi connectivity index (χ3n) is 4.13. The Labute approximate surface area is 141 Å². The highest BCUT2D eigenvalue weighted by atomic mass is 19.1. The third kappa shape index (κ3) is 4.11. The molecule has 0 radical (unpaired) electrons. The van der Waals surface area contributed by atoms with Gasteiger partial charge in [-0.2, -0.15) is 0 Å². The highest BCUT2D eigenvalue weighted by Gasteiger charge is 2.18. The Hall–Kier alpha value is -2.40. The maximum Gasteiger partial charge on any atom is 0.228 e. The van der Waals surface area contributed by atoms with E-state index in [0.29, 0.717) is 6.04 Å². The summed E-state index contributed by atoms with van der Waals surface area (Å²) in [6.07, 6.45) is 0.225. The first-order valence-electron chi connectivity index (χ1n) is 8.10. The minimum absolute atomic E-state index is 0.117. The molecule has 4 nitrogen and oxygen atoms in total. The van der Waals surface area contributed by atoms with Crippen LogP contribution in [0.3, 0.4) is 0 Å². The molecule has 5 heteroatoms. The number of halogens is 1. The van der Waals surface area contributed by atoms with Crippen molar-refractivity contribution in [2.45, 2.75) is 19.4 Å². The van der Waals surface area contributed by atoms with Crippen molar-refractivity contribution >= 4 is 17.3 Å². The van der Waals surface area contributed by atoms with Crippen molar-refractivity contribution in [2.75, 3.05) is 30.0 Å². The van der Waals surface area contributed by atoms with Crippen LogP contribution in [0, 0.1) is 5.82 Å². The molecule has 1 aliphatic heterocycles. The van der Waals surface area contributed by atoms with E-state index in [4.69, 9.17) is 4.74 Å². The molecule has 1 unspecified atom stereocenters. The molecule has 24 heavy (non-hydrogen) atoms. The first-order chi connectivity index (χ1) is 11.6. The summed E-state index contributed by atoms with van der Waals surface area (Å²) in [5, 5.41) is 2.87. The van der Waals surface area contributed by atoms with Gasteiger partial charge in [0, 0.05) is 24.0 Å². The number of rotatable bonds is 4. The maximum atomic E-state index is 12.9. The Balaban J connectivity index is 1.59. The number of nitrogens with zero attached hydrogens (tertiary/aromatic N) is 1. The molecule has 0 spiro atoms. The van der Waals surface area contributed by atoms with Crippen molar-refractivity contribution in [3.05, 3.63) is 59.9 Å². The Morgan fingerprint density at radius 2 is 1.92 bits per heavy atom. The molecule has 1 saturated heterocycles. The Kier molecular flexibility index (Phi) is 5.11. The second-order valence-electron chi connectivity index (χ2n) is 6.02. The lowest BCUT2D eigenvalue weighted by Crippen LogP contribution is -2.43. The topological polar surface area (TPSA) is 41.6 Å². The third-order valence-corrected chi connectivity index (χ3v) is 4.13. The van der Waals surface area contributed by atoms with Crippen LogP contribution in [-0.4, -0.2) is 31.7 Å². The van der Waals surface area contributed by atoms with Crippen LogP contribution in [0.15, 0.2) is 48.5 Å². The standard InChI is InChI=1S/C19H21FN2O2/c1-14-13-24-11-10-22(14)18-8-6-17(7-9-18)21-19(23)12-15-2-4-16(20)5-3-15/h2-9,14H,10-13H2,1H3,(H,21,23). The minimum Gasteiger partial charge on any atom is -0.377 e. The zero-order chi connectivity index (χ0) is 16.9. The van der Waals surface area contributed by atoms with Crippen molar-refractivity contribution in [1.29, 1.82) is 0 Å². The molecule has 1 N–H and O–H groups in total. The predicted molar refractivity (Wildman–Crippen MR) is 92.8 cm³/mol. The Morgan fingerprint density at radius 1 is 1.21 bits per heavy atom. The first-order valence-corrected chi connectivity index (χ1v) is 8.10. The fraction of sp³-hybridized carbons (Fsp3) is 0.316. The molecule has 0 saturated carbocycles. The van der Waals surface area contributed by atoms with E-state index in [9.17, 15) is 9.18 Å². The fourth-order valence-corrected chi connectivity index (χ4v) is 2.84. The molecule has 0 aliphatic carbocycles. The summed E-state index contributed by atoms with van der Waals surface area (Å²) >= 11 is 0. The molecule has 1 atom stereocenters. The molecule has 1 fully saturated rings. The lowest BCUT2D eigenvalue weighted by Gasteiger charge is -2.35. The van der Waals surface area contributed by atoms with Crippen LogP contribution in [-0.2, 0) is 16.0 Å². The molecule has 1 aliphatic rings. The van der Waals surface area contributed by atoms with Gasteiger partial charge in [-0.25, -0.2) is 4.39 Å². The van der Waals surface area contributed by atoms with Crippen molar-refractivity contribution in [1.82, 2.24) is 0 Å². The van der Waals surface area contributed by atoms with E-state index in [1.165, 1.54) is 12.1 Å². The van der Waals surface area contributed by atoms with Crippen molar-refractivity contribution in [3.8, 4) is 0 Å². The molecular weight excluding hydrogens is 307 g/mol. The highest BCUT2D eigenvalue weighted by Crippen LogP contribution is 2.22. The van der Waals surface area contributed by atoms with Gasteiger partial charge in [-0.1, -0.05) is 12.1 Å².